The summed E-state index contributed by atoms with van der Waals surface area (Å²) in [5.74, 6) is 1.43. The van der Waals surface area contributed by atoms with E-state index in [9.17, 15) is 0 Å². The third kappa shape index (κ3) is 1.30. The molecule has 2 aromatic rings. The Kier molecular flexibility index (Phi) is 2.00. The van der Waals surface area contributed by atoms with Gasteiger partial charge in [-0.05, 0) is 23.6 Å². The number of furan rings is 1. The minimum atomic E-state index is 0.389. The summed E-state index contributed by atoms with van der Waals surface area (Å²) in [6.45, 7) is 2.16. The minimum absolute atomic E-state index is 0.389. The second kappa shape index (κ2) is 3.15. The van der Waals surface area contributed by atoms with Crippen LogP contribution in [0, 0.1) is 0 Å². The maximum absolute atomic E-state index is 5.33. The van der Waals surface area contributed by atoms with Crippen LogP contribution in [0.15, 0.2) is 40.3 Å². The standard InChI is InChI=1S/C10H10OS/c1-8(9-4-2-6-11-9)10-5-3-7-12-10/h2-8H,1H3. The molecule has 2 heteroatoms. The molecule has 0 aliphatic rings. The fraction of sp³-hybridized carbons (Fsp3) is 0.200. The summed E-state index contributed by atoms with van der Waals surface area (Å²) in [6.07, 6.45) is 1.72. The zero-order chi connectivity index (χ0) is 8.39. The molecular formula is C10H10OS. The number of thiophene rings is 1. The van der Waals surface area contributed by atoms with Gasteiger partial charge >= 0.3 is 0 Å². The summed E-state index contributed by atoms with van der Waals surface area (Å²) in [5, 5.41) is 2.09. The zero-order valence-corrected chi connectivity index (χ0v) is 7.67. The van der Waals surface area contributed by atoms with Gasteiger partial charge in [-0.15, -0.1) is 11.3 Å². The molecule has 0 aromatic carbocycles. The maximum Gasteiger partial charge on any atom is 0.111 e. The van der Waals surface area contributed by atoms with Crippen LogP contribution in [0.1, 0.15) is 23.5 Å². The molecule has 0 aliphatic carbocycles. The Hall–Kier alpha value is -1.02. The van der Waals surface area contributed by atoms with Crippen molar-refractivity contribution in [2.24, 2.45) is 0 Å². The zero-order valence-electron chi connectivity index (χ0n) is 6.86. The Labute approximate surface area is 75.7 Å². The lowest BCUT2D eigenvalue weighted by atomic mass is 10.1. The van der Waals surface area contributed by atoms with Gasteiger partial charge in [0.15, 0.2) is 0 Å². The molecule has 0 N–H and O–H groups in total. The second-order valence-electron chi connectivity index (χ2n) is 2.75. The van der Waals surface area contributed by atoms with E-state index in [4.69, 9.17) is 4.42 Å². The van der Waals surface area contributed by atoms with Crippen LogP contribution < -0.4 is 0 Å². The summed E-state index contributed by atoms with van der Waals surface area (Å²) in [5.41, 5.74) is 0. The lowest BCUT2D eigenvalue weighted by molar-refractivity contribution is 0.497. The molecule has 2 rings (SSSR count). The summed E-state index contributed by atoms with van der Waals surface area (Å²) in [6, 6.07) is 8.15. The van der Waals surface area contributed by atoms with Crippen LogP contribution in [0.2, 0.25) is 0 Å². The highest BCUT2D eigenvalue weighted by Gasteiger charge is 2.10. The average molecular weight is 178 g/mol. The molecule has 0 spiro atoms. The monoisotopic (exact) mass is 178 g/mol. The molecule has 1 unspecified atom stereocenters. The first kappa shape index (κ1) is 7.62. The molecule has 0 bridgehead atoms. The molecule has 0 radical (unpaired) electrons. The van der Waals surface area contributed by atoms with Crippen molar-refractivity contribution in [3.05, 3.63) is 46.5 Å². The quantitative estimate of drug-likeness (QED) is 0.686. The van der Waals surface area contributed by atoms with Gasteiger partial charge in [-0.3, -0.25) is 0 Å². The van der Waals surface area contributed by atoms with Crippen LogP contribution in [0.5, 0.6) is 0 Å². The van der Waals surface area contributed by atoms with Crippen molar-refractivity contribution in [2.45, 2.75) is 12.8 Å². The summed E-state index contributed by atoms with van der Waals surface area (Å²) < 4.78 is 5.33. The lowest BCUT2D eigenvalue weighted by Gasteiger charge is -2.03. The number of hydrogen-bond acceptors (Lipinski definition) is 2. The highest BCUT2D eigenvalue weighted by molar-refractivity contribution is 7.10. The number of rotatable bonds is 2. The van der Waals surface area contributed by atoms with Gasteiger partial charge in [-0.1, -0.05) is 13.0 Å². The van der Waals surface area contributed by atoms with E-state index >= 15 is 0 Å². The molecule has 0 amide bonds. The van der Waals surface area contributed by atoms with E-state index in [2.05, 4.69) is 24.4 Å². The van der Waals surface area contributed by atoms with Crippen molar-refractivity contribution in [3.63, 3.8) is 0 Å². The van der Waals surface area contributed by atoms with Gasteiger partial charge in [-0.25, -0.2) is 0 Å². The second-order valence-corrected chi connectivity index (χ2v) is 3.73. The van der Waals surface area contributed by atoms with Crippen LogP contribution in [0.4, 0.5) is 0 Å². The van der Waals surface area contributed by atoms with E-state index < -0.39 is 0 Å². The largest absolute Gasteiger partial charge is 0.469 e. The first-order chi connectivity index (χ1) is 5.88. The normalized spacial score (nSPS) is 13.1. The molecule has 62 valence electrons. The van der Waals surface area contributed by atoms with Crippen molar-refractivity contribution in [2.75, 3.05) is 0 Å². The van der Waals surface area contributed by atoms with E-state index in [-0.39, 0.29) is 0 Å². The summed E-state index contributed by atoms with van der Waals surface area (Å²) >= 11 is 1.77. The van der Waals surface area contributed by atoms with E-state index in [0.717, 1.165) is 5.76 Å². The Morgan fingerprint density at radius 2 is 2.25 bits per heavy atom. The van der Waals surface area contributed by atoms with Crippen LogP contribution in [-0.2, 0) is 0 Å². The SMILES string of the molecule is CC(c1ccco1)c1cccs1. The van der Waals surface area contributed by atoms with Crippen molar-refractivity contribution in [1.29, 1.82) is 0 Å². The van der Waals surface area contributed by atoms with E-state index in [1.807, 2.05) is 12.1 Å². The van der Waals surface area contributed by atoms with Gasteiger partial charge in [0.1, 0.15) is 5.76 Å². The van der Waals surface area contributed by atoms with Gasteiger partial charge in [0, 0.05) is 10.8 Å². The molecule has 1 nitrogen and oxygen atoms in total. The van der Waals surface area contributed by atoms with Crippen molar-refractivity contribution in [3.8, 4) is 0 Å². The van der Waals surface area contributed by atoms with Gasteiger partial charge in [0.2, 0.25) is 0 Å². The van der Waals surface area contributed by atoms with E-state index in [1.54, 1.807) is 17.6 Å². The van der Waals surface area contributed by atoms with Crippen LogP contribution in [0.25, 0.3) is 0 Å². The fourth-order valence-electron chi connectivity index (χ4n) is 1.22. The highest BCUT2D eigenvalue weighted by atomic mass is 32.1. The third-order valence-corrected chi connectivity index (χ3v) is 2.99. The van der Waals surface area contributed by atoms with Crippen molar-refractivity contribution < 1.29 is 4.42 Å². The van der Waals surface area contributed by atoms with Crippen LogP contribution >= 0.6 is 11.3 Å². The van der Waals surface area contributed by atoms with Crippen molar-refractivity contribution in [1.82, 2.24) is 0 Å². The van der Waals surface area contributed by atoms with Gasteiger partial charge < -0.3 is 4.42 Å². The van der Waals surface area contributed by atoms with Crippen molar-refractivity contribution >= 4 is 11.3 Å². The Morgan fingerprint density at radius 1 is 1.33 bits per heavy atom. The fourth-order valence-corrected chi connectivity index (χ4v) is 2.01. The topological polar surface area (TPSA) is 13.1 Å². The van der Waals surface area contributed by atoms with E-state index in [0.29, 0.717) is 5.92 Å². The summed E-state index contributed by atoms with van der Waals surface area (Å²) in [7, 11) is 0. The molecule has 2 aromatic heterocycles. The molecule has 2 heterocycles. The third-order valence-electron chi connectivity index (χ3n) is 1.94. The van der Waals surface area contributed by atoms with Gasteiger partial charge in [0.25, 0.3) is 0 Å². The minimum Gasteiger partial charge on any atom is -0.469 e. The van der Waals surface area contributed by atoms with Gasteiger partial charge in [-0.2, -0.15) is 0 Å². The Bertz CT molecular complexity index is 286. The lowest BCUT2D eigenvalue weighted by Crippen LogP contribution is -1.89. The first-order valence-electron chi connectivity index (χ1n) is 3.95. The predicted octanol–water partition coefficient (Wildman–Crippen LogP) is 3.49. The van der Waals surface area contributed by atoms with E-state index in [1.165, 1.54) is 4.88 Å². The van der Waals surface area contributed by atoms with Crippen LogP contribution in [-0.4, -0.2) is 0 Å². The molecule has 12 heavy (non-hydrogen) atoms. The first-order valence-corrected chi connectivity index (χ1v) is 4.82. The van der Waals surface area contributed by atoms with Crippen LogP contribution in [0.3, 0.4) is 0 Å². The Morgan fingerprint density at radius 3 is 2.83 bits per heavy atom. The molecule has 0 saturated heterocycles. The average Bonchev–Trinajstić information content (AvgIpc) is 2.77. The summed E-state index contributed by atoms with van der Waals surface area (Å²) in [4.78, 5) is 1.35. The molecule has 0 saturated carbocycles. The smallest absolute Gasteiger partial charge is 0.111 e. The Balaban J connectivity index is 2.27. The highest BCUT2D eigenvalue weighted by Crippen LogP contribution is 2.27. The maximum atomic E-state index is 5.33. The van der Waals surface area contributed by atoms with Gasteiger partial charge in [0.05, 0.1) is 6.26 Å². The molecule has 0 fully saturated rings. The molecule has 1 atom stereocenters. The molecule has 0 aliphatic heterocycles. The molecular weight excluding hydrogens is 168 g/mol. The number of hydrogen-bond donors (Lipinski definition) is 0. The predicted molar refractivity (Wildman–Crippen MR) is 50.5 cm³/mol.